The summed E-state index contributed by atoms with van der Waals surface area (Å²) in [5.74, 6) is -0.907. The Balaban J connectivity index is 4.33. The van der Waals surface area contributed by atoms with Crippen LogP contribution in [0.3, 0.4) is 0 Å². The number of rotatable bonds is 41. The van der Waals surface area contributed by atoms with Crippen molar-refractivity contribution in [2.45, 2.75) is 239 Å². The van der Waals surface area contributed by atoms with Gasteiger partial charge in [0.25, 0.3) is 0 Å². The van der Waals surface area contributed by atoms with Gasteiger partial charge < -0.3 is 14.2 Å². The monoisotopic (exact) mass is 759 g/mol. The lowest BCUT2D eigenvalue weighted by Crippen LogP contribution is -2.30. The zero-order valence-electron chi connectivity index (χ0n) is 35.7. The Bertz CT molecular complexity index is 922. The number of esters is 3. The van der Waals surface area contributed by atoms with Crippen LogP contribution in [-0.2, 0) is 28.6 Å². The molecule has 0 bridgehead atoms. The summed E-state index contributed by atoms with van der Waals surface area (Å²) in [5.41, 5.74) is 0. The Labute approximate surface area is 334 Å². The number of unbranched alkanes of at least 4 members (excludes halogenated alkanes) is 24. The van der Waals surface area contributed by atoms with E-state index in [0.717, 1.165) is 89.9 Å². The molecule has 0 aliphatic heterocycles. The van der Waals surface area contributed by atoms with Crippen molar-refractivity contribution in [3.8, 4) is 0 Å². The van der Waals surface area contributed by atoms with Crippen LogP contribution in [0.1, 0.15) is 233 Å². The van der Waals surface area contributed by atoms with Crippen LogP contribution in [0.25, 0.3) is 0 Å². The van der Waals surface area contributed by atoms with Gasteiger partial charge in [0.2, 0.25) is 0 Å². The average Bonchev–Trinajstić information content (AvgIpc) is 3.17. The molecule has 54 heavy (non-hydrogen) atoms. The Morgan fingerprint density at radius 3 is 1.09 bits per heavy atom. The first-order chi connectivity index (χ1) is 26.5. The van der Waals surface area contributed by atoms with Crippen LogP contribution < -0.4 is 0 Å². The van der Waals surface area contributed by atoms with E-state index in [1.54, 1.807) is 0 Å². The molecule has 0 fully saturated rings. The van der Waals surface area contributed by atoms with Gasteiger partial charge in [0.15, 0.2) is 6.10 Å². The minimum Gasteiger partial charge on any atom is -0.462 e. The second-order valence-corrected chi connectivity index (χ2v) is 15.3. The molecule has 0 rings (SSSR count). The molecule has 0 spiro atoms. The van der Waals surface area contributed by atoms with Crippen LogP contribution in [0, 0.1) is 0 Å². The molecule has 0 saturated carbocycles. The maximum absolute atomic E-state index is 12.7. The van der Waals surface area contributed by atoms with Crippen LogP contribution in [0.5, 0.6) is 0 Å². The first-order valence-corrected chi connectivity index (χ1v) is 23.0. The number of carbonyl (C=O) groups is 3. The third kappa shape index (κ3) is 40.8. The first-order valence-electron chi connectivity index (χ1n) is 23.0. The van der Waals surface area contributed by atoms with Crippen molar-refractivity contribution in [3.63, 3.8) is 0 Å². The summed E-state index contributed by atoms with van der Waals surface area (Å²) in [6.45, 7) is 6.53. The van der Waals surface area contributed by atoms with Crippen LogP contribution in [0.4, 0.5) is 0 Å². The standard InChI is InChI=1S/C48H86O6/c1-4-7-10-13-16-18-20-22-24-26-27-29-32-35-38-41-47(50)53-44-45(43-52-46(49)40-37-34-31-15-12-9-6-3)54-48(51)42-39-36-33-30-28-25-23-21-19-17-14-11-8-5-2/h14,17,21-24,45H,4-13,15-16,18-20,25-44H2,1-3H3/b17-14-,23-21-,24-22-. The highest BCUT2D eigenvalue weighted by molar-refractivity contribution is 5.71. The number of carbonyl (C=O) groups excluding carboxylic acids is 3. The third-order valence-corrected chi connectivity index (χ3v) is 9.87. The Morgan fingerprint density at radius 2 is 0.685 bits per heavy atom. The van der Waals surface area contributed by atoms with E-state index in [9.17, 15) is 14.4 Å². The molecule has 0 aliphatic carbocycles. The van der Waals surface area contributed by atoms with E-state index in [4.69, 9.17) is 14.2 Å². The fourth-order valence-corrected chi connectivity index (χ4v) is 6.33. The molecular formula is C48H86O6. The molecule has 0 heterocycles. The summed E-state index contributed by atoms with van der Waals surface area (Å²) in [7, 11) is 0. The normalized spacial score (nSPS) is 12.3. The fraction of sp³-hybridized carbons (Fsp3) is 0.812. The first kappa shape index (κ1) is 51.6. The zero-order chi connectivity index (χ0) is 39.4. The molecule has 0 aromatic rings. The maximum atomic E-state index is 12.7. The minimum absolute atomic E-state index is 0.0796. The smallest absolute Gasteiger partial charge is 0.306 e. The number of allylic oxidation sites excluding steroid dienone is 6. The third-order valence-electron chi connectivity index (χ3n) is 9.87. The van der Waals surface area contributed by atoms with Crippen LogP contribution >= 0.6 is 0 Å². The lowest BCUT2D eigenvalue weighted by Gasteiger charge is -2.18. The summed E-state index contributed by atoms with van der Waals surface area (Å²) in [6.07, 6.45) is 48.5. The van der Waals surface area contributed by atoms with Gasteiger partial charge in [0, 0.05) is 19.3 Å². The van der Waals surface area contributed by atoms with Crippen molar-refractivity contribution in [2.75, 3.05) is 13.2 Å². The average molecular weight is 759 g/mol. The van der Waals surface area contributed by atoms with E-state index in [2.05, 4.69) is 57.2 Å². The van der Waals surface area contributed by atoms with Crippen molar-refractivity contribution >= 4 is 17.9 Å². The second-order valence-electron chi connectivity index (χ2n) is 15.3. The molecule has 6 heteroatoms. The molecule has 0 radical (unpaired) electrons. The van der Waals surface area contributed by atoms with Gasteiger partial charge in [0.1, 0.15) is 13.2 Å². The Morgan fingerprint density at radius 1 is 0.370 bits per heavy atom. The topological polar surface area (TPSA) is 78.9 Å². The predicted molar refractivity (Wildman–Crippen MR) is 229 cm³/mol. The number of ether oxygens (including phenoxy) is 3. The quantitative estimate of drug-likeness (QED) is 0.0267. The van der Waals surface area contributed by atoms with Crippen molar-refractivity contribution in [1.82, 2.24) is 0 Å². The highest BCUT2D eigenvalue weighted by Crippen LogP contribution is 2.13. The second kappa shape index (κ2) is 43.4. The summed E-state index contributed by atoms with van der Waals surface area (Å²) < 4.78 is 16.6. The van der Waals surface area contributed by atoms with E-state index in [1.807, 2.05) is 0 Å². The van der Waals surface area contributed by atoms with Crippen LogP contribution in [-0.4, -0.2) is 37.2 Å². The van der Waals surface area contributed by atoms with Gasteiger partial charge in [0.05, 0.1) is 0 Å². The molecule has 0 N–H and O–H groups in total. The van der Waals surface area contributed by atoms with Crippen molar-refractivity contribution in [3.05, 3.63) is 36.5 Å². The molecule has 1 unspecified atom stereocenters. The maximum Gasteiger partial charge on any atom is 0.306 e. The van der Waals surface area contributed by atoms with Crippen molar-refractivity contribution < 1.29 is 28.6 Å². The molecular weight excluding hydrogens is 673 g/mol. The molecule has 1 atom stereocenters. The van der Waals surface area contributed by atoms with Crippen LogP contribution in [0.2, 0.25) is 0 Å². The Hall–Kier alpha value is -2.37. The Kier molecular flexibility index (Phi) is 41.5. The predicted octanol–water partition coefficient (Wildman–Crippen LogP) is 14.6. The largest absolute Gasteiger partial charge is 0.462 e. The molecule has 0 aromatic carbocycles. The molecule has 6 nitrogen and oxygen atoms in total. The minimum atomic E-state index is -0.776. The van der Waals surface area contributed by atoms with Crippen LogP contribution in [0.15, 0.2) is 36.5 Å². The van der Waals surface area contributed by atoms with Crippen molar-refractivity contribution in [1.29, 1.82) is 0 Å². The molecule has 0 saturated heterocycles. The summed E-state index contributed by atoms with van der Waals surface area (Å²) in [5, 5.41) is 0. The molecule has 0 aromatic heterocycles. The van der Waals surface area contributed by atoms with Gasteiger partial charge in [-0.3, -0.25) is 14.4 Å². The zero-order valence-corrected chi connectivity index (χ0v) is 35.7. The summed E-state index contributed by atoms with van der Waals surface area (Å²) in [6, 6.07) is 0. The van der Waals surface area contributed by atoms with Gasteiger partial charge in [-0.05, 0) is 70.6 Å². The summed E-state index contributed by atoms with van der Waals surface area (Å²) in [4.78, 5) is 37.6. The van der Waals surface area contributed by atoms with E-state index in [-0.39, 0.29) is 31.1 Å². The fourth-order valence-electron chi connectivity index (χ4n) is 6.33. The lowest BCUT2D eigenvalue weighted by molar-refractivity contribution is -0.167. The van der Waals surface area contributed by atoms with Gasteiger partial charge in [-0.1, -0.05) is 179 Å². The SMILES string of the molecule is CCCC/C=C\C/C=C\CCCCCCCC(=O)OC(COC(=O)CCCCCCC/C=C\CCCCCCCC)COC(=O)CCCCCCCCC. The lowest BCUT2D eigenvalue weighted by atomic mass is 10.1. The molecule has 0 amide bonds. The number of hydrogen-bond acceptors (Lipinski definition) is 6. The van der Waals surface area contributed by atoms with E-state index in [0.29, 0.717) is 19.3 Å². The van der Waals surface area contributed by atoms with Gasteiger partial charge in [-0.15, -0.1) is 0 Å². The van der Waals surface area contributed by atoms with Gasteiger partial charge in [-0.25, -0.2) is 0 Å². The highest BCUT2D eigenvalue weighted by atomic mass is 16.6. The van der Waals surface area contributed by atoms with E-state index >= 15 is 0 Å². The molecule has 0 aliphatic rings. The highest BCUT2D eigenvalue weighted by Gasteiger charge is 2.19. The van der Waals surface area contributed by atoms with E-state index in [1.165, 1.54) is 103 Å². The molecule has 314 valence electrons. The summed E-state index contributed by atoms with van der Waals surface area (Å²) >= 11 is 0. The van der Waals surface area contributed by atoms with Gasteiger partial charge >= 0.3 is 17.9 Å². The number of hydrogen-bond donors (Lipinski definition) is 0. The van der Waals surface area contributed by atoms with Gasteiger partial charge in [-0.2, -0.15) is 0 Å². The van der Waals surface area contributed by atoms with Crippen molar-refractivity contribution in [2.24, 2.45) is 0 Å². The van der Waals surface area contributed by atoms with E-state index < -0.39 is 6.10 Å².